The Morgan fingerprint density at radius 1 is 1.10 bits per heavy atom. The van der Waals surface area contributed by atoms with Gasteiger partial charge in [-0.15, -0.1) is 0 Å². The largest absolute Gasteiger partial charge is 0.494 e. The maximum Gasteiger partial charge on any atom is 0.119 e. The van der Waals surface area contributed by atoms with Crippen LogP contribution in [0.4, 0.5) is 0 Å². The van der Waals surface area contributed by atoms with Crippen LogP contribution in [0.1, 0.15) is 45.2 Å². The van der Waals surface area contributed by atoms with Crippen LogP contribution in [0.2, 0.25) is 0 Å². The van der Waals surface area contributed by atoms with E-state index in [4.69, 9.17) is 4.74 Å². The molecule has 0 saturated carbocycles. The smallest absolute Gasteiger partial charge is 0.119 e. The van der Waals surface area contributed by atoms with E-state index in [1.807, 2.05) is 14.0 Å². The molecule has 0 aliphatic heterocycles. The van der Waals surface area contributed by atoms with E-state index in [9.17, 15) is 0 Å². The molecule has 0 fully saturated rings. The van der Waals surface area contributed by atoms with Gasteiger partial charge in [0.15, 0.2) is 0 Å². The molecule has 1 atom stereocenters. The molecule has 0 aromatic heterocycles. The first-order valence-electron chi connectivity index (χ1n) is 7.76. The molecule has 3 nitrogen and oxygen atoms in total. The second-order valence-electron chi connectivity index (χ2n) is 5.25. The third kappa shape index (κ3) is 4.80. The molecule has 0 heterocycles. The van der Waals surface area contributed by atoms with Crippen molar-refractivity contribution in [3.05, 3.63) is 29.8 Å². The van der Waals surface area contributed by atoms with Crippen LogP contribution in [0.3, 0.4) is 0 Å². The van der Waals surface area contributed by atoms with Gasteiger partial charge >= 0.3 is 0 Å². The summed E-state index contributed by atoms with van der Waals surface area (Å²) in [5.74, 6) is 0.944. The van der Waals surface area contributed by atoms with E-state index >= 15 is 0 Å². The zero-order chi connectivity index (χ0) is 15.0. The second-order valence-corrected chi connectivity index (χ2v) is 5.25. The Balaban J connectivity index is 2.69. The monoisotopic (exact) mass is 278 g/mol. The summed E-state index contributed by atoms with van der Waals surface area (Å²) >= 11 is 0. The van der Waals surface area contributed by atoms with Crippen molar-refractivity contribution in [2.24, 2.45) is 0 Å². The third-order valence-corrected chi connectivity index (χ3v) is 3.98. The van der Waals surface area contributed by atoms with Crippen LogP contribution in [-0.4, -0.2) is 38.2 Å². The molecule has 1 aromatic carbocycles. The topological polar surface area (TPSA) is 24.5 Å². The number of nitrogens with one attached hydrogen (secondary N) is 1. The summed E-state index contributed by atoms with van der Waals surface area (Å²) in [6.45, 7) is 8.27. The van der Waals surface area contributed by atoms with Crippen molar-refractivity contribution < 1.29 is 4.74 Å². The highest BCUT2D eigenvalue weighted by atomic mass is 16.5. The number of hydrogen-bond donors (Lipinski definition) is 1. The quantitative estimate of drug-likeness (QED) is 0.748. The summed E-state index contributed by atoms with van der Waals surface area (Å²) in [4.78, 5) is 2.46. The number of rotatable bonds is 9. The van der Waals surface area contributed by atoms with Crippen molar-refractivity contribution >= 4 is 0 Å². The molecule has 1 N–H and O–H groups in total. The minimum Gasteiger partial charge on any atom is -0.494 e. The lowest BCUT2D eigenvalue weighted by Crippen LogP contribution is -2.37. The van der Waals surface area contributed by atoms with Gasteiger partial charge in [0.2, 0.25) is 0 Å². The molecule has 0 spiro atoms. The van der Waals surface area contributed by atoms with Crippen molar-refractivity contribution in [3.8, 4) is 5.75 Å². The highest BCUT2D eigenvalue weighted by molar-refractivity contribution is 5.29. The van der Waals surface area contributed by atoms with Gasteiger partial charge in [-0.1, -0.05) is 26.0 Å². The Morgan fingerprint density at radius 3 is 2.15 bits per heavy atom. The standard InChI is InChI=1S/C17H30N2O/c1-6-15(7-2)19(5)13-17(18-4)14-9-11-16(12-10-14)20-8-3/h9-12,15,17-18H,6-8,13H2,1-5H3. The summed E-state index contributed by atoms with van der Waals surface area (Å²) in [6.07, 6.45) is 2.40. The van der Waals surface area contributed by atoms with E-state index in [1.165, 1.54) is 18.4 Å². The molecule has 0 aliphatic rings. The second kappa shape index (κ2) is 8.98. The van der Waals surface area contributed by atoms with Crippen LogP contribution in [-0.2, 0) is 0 Å². The lowest BCUT2D eigenvalue weighted by molar-refractivity contribution is 0.209. The molecule has 1 aromatic rings. The molecule has 1 rings (SSSR count). The lowest BCUT2D eigenvalue weighted by atomic mass is 10.0. The van der Waals surface area contributed by atoms with Gasteiger partial charge in [-0.2, -0.15) is 0 Å². The van der Waals surface area contributed by atoms with Crippen LogP contribution in [0.15, 0.2) is 24.3 Å². The average Bonchev–Trinajstić information content (AvgIpc) is 2.47. The van der Waals surface area contributed by atoms with E-state index in [1.54, 1.807) is 0 Å². The summed E-state index contributed by atoms with van der Waals surface area (Å²) < 4.78 is 5.50. The van der Waals surface area contributed by atoms with Crippen LogP contribution in [0, 0.1) is 0 Å². The molecule has 0 radical (unpaired) electrons. The van der Waals surface area contributed by atoms with Crippen LogP contribution >= 0.6 is 0 Å². The van der Waals surface area contributed by atoms with Crippen LogP contribution in [0.25, 0.3) is 0 Å². The normalized spacial score (nSPS) is 12.9. The fourth-order valence-corrected chi connectivity index (χ4v) is 2.68. The third-order valence-electron chi connectivity index (χ3n) is 3.98. The SMILES string of the molecule is CCOc1ccc(C(CN(C)C(CC)CC)NC)cc1. The zero-order valence-corrected chi connectivity index (χ0v) is 13.6. The van der Waals surface area contributed by atoms with Gasteiger partial charge in [0.05, 0.1) is 6.61 Å². The first-order valence-corrected chi connectivity index (χ1v) is 7.76. The number of likely N-dealkylation sites (N-methyl/N-ethyl adjacent to an activating group) is 2. The number of nitrogens with zero attached hydrogens (tertiary/aromatic N) is 1. The Bertz CT molecular complexity index is 360. The molecule has 0 amide bonds. The fraction of sp³-hybridized carbons (Fsp3) is 0.647. The van der Waals surface area contributed by atoms with Crippen molar-refractivity contribution in [1.29, 1.82) is 0 Å². The van der Waals surface area contributed by atoms with E-state index in [-0.39, 0.29) is 0 Å². The van der Waals surface area contributed by atoms with Crippen LogP contribution < -0.4 is 10.1 Å². The lowest BCUT2D eigenvalue weighted by Gasteiger charge is -2.30. The average molecular weight is 278 g/mol. The fourth-order valence-electron chi connectivity index (χ4n) is 2.68. The number of hydrogen-bond acceptors (Lipinski definition) is 3. The molecule has 0 saturated heterocycles. The van der Waals surface area contributed by atoms with E-state index < -0.39 is 0 Å². The minimum atomic E-state index is 0.358. The maximum atomic E-state index is 5.50. The van der Waals surface area contributed by atoms with E-state index in [0.717, 1.165) is 12.3 Å². The molecule has 114 valence electrons. The van der Waals surface area contributed by atoms with E-state index in [2.05, 4.69) is 55.4 Å². The predicted molar refractivity (Wildman–Crippen MR) is 86.4 cm³/mol. The number of benzene rings is 1. The summed E-state index contributed by atoms with van der Waals surface area (Å²) in [6, 6.07) is 9.45. The Morgan fingerprint density at radius 2 is 1.70 bits per heavy atom. The molecule has 3 heteroatoms. The Hall–Kier alpha value is -1.06. The molecular weight excluding hydrogens is 248 g/mol. The minimum absolute atomic E-state index is 0.358. The highest BCUT2D eigenvalue weighted by Crippen LogP contribution is 2.20. The van der Waals surface area contributed by atoms with Crippen molar-refractivity contribution in [3.63, 3.8) is 0 Å². The molecular formula is C17H30N2O. The highest BCUT2D eigenvalue weighted by Gasteiger charge is 2.16. The van der Waals surface area contributed by atoms with Crippen molar-refractivity contribution in [2.45, 2.75) is 45.7 Å². The van der Waals surface area contributed by atoms with Gasteiger partial charge in [0.1, 0.15) is 5.75 Å². The Kier molecular flexibility index (Phi) is 7.63. The number of ether oxygens (including phenoxy) is 1. The summed E-state index contributed by atoms with van der Waals surface area (Å²) in [5.41, 5.74) is 1.31. The molecule has 0 bridgehead atoms. The van der Waals surface area contributed by atoms with Crippen molar-refractivity contribution in [1.82, 2.24) is 10.2 Å². The molecule has 20 heavy (non-hydrogen) atoms. The molecule has 1 unspecified atom stereocenters. The maximum absolute atomic E-state index is 5.50. The van der Waals surface area contributed by atoms with E-state index in [0.29, 0.717) is 18.7 Å². The van der Waals surface area contributed by atoms with Gasteiger partial charge in [-0.3, -0.25) is 0 Å². The van der Waals surface area contributed by atoms with Gasteiger partial charge in [0, 0.05) is 18.6 Å². The predicted octanol–water partition coefficient (Wildman–Crippen LogP) is 3.47. The Labute approximate surface area is 124 Å². The van der Waals surface area contributed by atoms with Crippen LogP contribution in [0.5, 0.6) is 5.75 Å². The van der Waals surface area contributed by atoms with Gasteiger partial charge < -0.3 is 15.0 Å². The zero-order valence-electron chi connectivity index (χ0n) is 13.6. The summed E-state index contributed by atoms with van der Waals surface area (Å²) in [7, 11) is 4.25. The van der Waals surface area contributed by atoms with Gasteiger partial charge in [-0.05, 0) is 51.6 Å². The van der Waals surface area contributed by atoms with Crippen molar-refractivity contribution in [2.75, 3.05) is 27.2 Å². The van der Waals surface area contributed by atoms with Gasteiger partial charge in [0.25, 0.3) is 0 Å². The summed E-state index contributed by atoms with van der Waals surface area (Å²) in [5, 5.41) is 3.42. The molecule has 0 aliphatic carbocycles. The van der Waals surface area contributed by atoms with Gasteiger partial charge in [-0.25, -0.2) is 0 Å². The first kappa shape index (κ1) is 17.0. The first-order chi connectivity index (χ1) is 9.65.